The quantitative estimate of drug-likeness (QED) is 0.300. The number of likely N-dealkylation sites (tertiary alicyclic amines) is 1. The highest BCUT2D eigenvalue weighted by Gasteiger charge is 2.35. The molecule has 0 saturated carbocycles. The highest BCUT2D eigenvalue weighted by atomic mass is 16.2. The van der Waals surface area contributed by atoms with Crippen LogP contribution in [-0.2, 0) is 20.9 Å². The fraction of sp³-hybridized carbons (Fsp3) is 0.382. The Morgan fingerprint density at radius 3 is 2.48 bits per heavy atom. The van der Waals surface area contributed by atoms with Crippen molar-refractivity contribution in [1.29, 1.82) is 0 Å². The van der Waals surface area contributed by atoms with Gasteiger partial charge in [-0.2, -0.15) is 0 Å². The van der Waals surface area contributed by atoms with Crippen LogP contribution in [0.4, 0.5) is 0 Å². The Balaban J connectivity index is 1.50. The van der Waals surface area contributed by atoms with Gasteiger partial charge in [-0.15, -0.1) is 6.58 Å². The summed E-state index contributed by atoms with van der Waals surface area (Å²) in [4.78, 5) is 41.2. The molecule has 4 rings (SSSR count). The number of benzene rings is 3. The summed E-state index contributed by atoms with van der Waals surface area (Å²) in [5, 5.41) is 5.40. The largest absolute Gasteiger partial charge is 0.369 e. The van der Waals surface area contributed by atoms with E-state index >= 15 is 0 Å². The van der Waals surface area contributed by atoms with Crippen LogP contribution in [0.5, 0.6) is 0 Å². The number of carbonyl (C=O) groups is 3. The predicted octanol–water partition coefficient (Wildman–Crippen LogP) is 5.84. The van der Waals surface area contributed by atoms with Gasteiger partial charge in [-0.3, -0.25) is 14.4 Å². The monoisotopic (exact) mass is 539 g/mol. The van der Waals surface area contributed by atoms with E-state index in [1.54, 1.807) is 6.08 Å². The molecule has 3 amide bonds. The first-order chi connectivity index (χ1) is 19.3. The topological polar surface area (TPSA) is 92.5 Å². The smallest absolute Gasteiger partial charge is 0.245 e. The molecule has 0 bridgehead atoms. The second kappa shape index (κ2) is 13.4. The Morgan fingerprint density at radius 1 is 1.00 bits per heavy atom. The maximum absolute atomic E-state index is 13.7. The number of hydrogen-bond acceptors (Lipinski definition) is 3. The first-order valence-electron chi connectivity index (χ1n) is 14.3. The van der Waals surface area contributed by atoms with E-state index in [-0.39, 0.29) is 17.7 Å². The zero-order valence-corrected chi connectivity index (χ0v) is 23.6. The van der Waals surface area contributed by atoms with E-state index in [0.717, 1.165) is 29.5 Å². The lowest BCUT2D eigenvalue weighted by atomic mass is 9.82. The van der Waals surface area contributed by atoms with Crippen LogP contribution in [0.1, 0.15) is 51.5 Å². The minimum atomic E-state index is -0.644. The van der Waals surface area contributed by atoms with Crippen molar-refractivity contribution in [2.24, 2.45) is 23.5 Å². The summed E-state index contributed by atoms with van der Waals surface area (Å²) < 4.78 is 0. The maximum Gasteiger partial charge on any atom is 0.245 e. The van der Waals surface area contributed by atoms with Crippen LogP contribution in [0, 0.1) is 17.8 Å². The standard InChI is InChI=1S/C34H41N3O3/c1-4-10-29(32(35)38)30(19-23(2)3)33(39)36-31-15-7-8-18-37(34(31)40)22-24-11-9-14-26(20-24)28-17-16-25-12-5-6-13-27(25)21-28/h4-6,9,11-14,16-17,20-21,23,29-31H,1,7-8,10,15,18-19,22H2,2-3H3,(H2,35,38)(H,36,39)/t29?,30?,31-/m0/s1. The van der Waals surface area contributed by atoms with Gasteiger partial charge in [0, 0.05) is 13.1 Å². The van der Waals surface area contributed by atoms with Crippen LogP contribution >= 0.6 is 0 Å². The SMILES string of the molecule is C=CCC(C(N)=O)C(CC(C)C)C(=O)N[C@H]1CCCCN(Cc2cccc(-c3ccc4ccccc4c3)c2)C1=O. The average Bonchev–Trinajstić information content (AvgIpc) is 3.11. The summed E-state index contributed by atoms with van der Waals surface area (Å²) in [6, 6.07) is 22.4. The fourth-order valence-electron chi connectivity index (χ4n) is 5.73. The number of amides is 3. The molecule has 1 heterocycles. The van der Waals surface area contributed by atoms with Gasteiger partial charge in [-0.05, 0) is 77.6 Å². The molecule has 3 atom stereocenters. The Labute approximate surface area is 237 Å². The zero-order valence-electron chi connectivity index (χ0n) is 23.6. The number of primary amides is 1. The lowest BCUT2D eigenvalue weighted by molar-refractivity contribution is -0.139. The third-order valence-corrected chi connectivity index (χ3v) is 7.81. The molecule has 6 heteroatoms. The minimum absolute atomic E-state index is 0.0791. The van der Waals surface area contributed by atoms with E-state index in [4.69, 9.17) is 5.73 Å². The summed E-state index contributed by atoms with van der Waals surface area (Å²) in [7, 11) is 0. The molecule has 3 N–H and O–H groups in total. The number of nitrogens with one attached hydrogen (secondary N) is 1. The van der Waals surface area contributed by atoms with Crippen LogP contribution in [0.25, 0.3) is 21.9 Å². The van der Waals surface area contributed by atoms with Gasteiger partial charge in [0.25, 0.3) is 0 Å². The van der Waals surface area contributed by atoms with Crippen LogP contribution in [0.2, 0.25) is 0 Å². The van der Waals surface area contributed by atoms with Crippen molar-refractivity contribution in [3.05, 3.63) is 84.9 Å². The van der Waals surface area contributed by atoms with Gasteiger partial charge in [-0.25, -0.2) is 0 Å². The predicted molar refractivity (Wildman–Crippen MR) is 161 cm³/mol. The third kappa shape index (κ3) is 7.17. The third-order valence-electron chi connectivity index (χ3n) is 7.81. The van der Waals surface area contributed by atoms with Crippen molar-refractivity contribution in [3.63, 3.8) is 0 Å². The molecule has 0 aromatic heterocycles. The fourth-order valence-corrected chi connectivity index (χ4v) is 5.73. The van der Waals surface area contributed by atoms with Crippen molar-refractivity contribution in [3.8, 4) is 11.1 Å². The minimum Gasteiger partial charge on any atom is -0.369 e. The Morgan fingerprint density at radius 2 is 1.75 bits per heavy atom. The van der Waals surface area contributed by atoms with Crippen molar-refractivity contribution in [1.82, 2.24) is 10.2 Å². The number of carbonyl (C=O) groups excluding carboxylic acids is 3. The number of fused-ring (bicyclic) bond motifs is 1. The molecule has 210 valence electrons. The highest BCUT2D eigenvalue weighted by molar-refractivity contribution is 5.91. The summed E-state index contributed by atoms with van der Waals surface area (Å²) in [5.74, 6) is -1.92. The van der Waals surface area contributed by atoms with E-state index in [1.807, 2.05) is 43.0 Å². The van der Waals surface area contributed by atoms with Gasteiger partial charge in [0.1, 0.15) is 6.04 Å². The molecule has 1 aliphatic rings. The van der Waals surface area contributed by atoms with E-state index in [2.05, 4.69) is 54.4 Å². The molecule has 0 aliphatic carbocycles. The number of allylic oxidation sites excluding steroid dienone is 1. The maximum atomic E-state index is 13.7. The molecule has 3 aromatic carbocycles. The molecule has 2 unspecified atom stereocenters. The van der Waals surface area contributed by atoms with Gasteiger partial charge in [0.15, 0.2) is 0 Å². The molecular weight excluding hydrogens is 498 g/mol. The lowest BCUT2D eigenvalue weighted by Crippen LogP contribution is -2.50. The van der Waals surface area contributed by atoms with Crippen LogP contribution in [0.3, 0.4) is 0 Å². The van der Waals surface area contributed by atoms with Crippen LogP contribution in [0.15, 0.2) is 79.4 Å². The number of nitrogens with zero attached hydrogens (tertiary/aromatic N) is 1. The molecular formula is C34H41N3O3. The van der Waals surface area contributed by atoms with Gasteiger partial charge in [0.05, 0.1) is 11.8 Å². The van der Waals surface area contributed by atoms with E-state index in [9.17, 15) is 14.4 Å². The Kier molecular flexibility index (Phi) is 9.75. The van der Waals surface area contributed by atoms with Crippen molar-refractivity contribution < 1.29 is 14.4 Å². The average molecular weight is 540 g/mol. The second-order valence-corrected chi connectivity index (χ2v) is 11.3. The molecule has 3 aromatic rings. The molecule has 0 spiro atoms. The van der Waals surface area contributed by atoms with Crippen molar-refractivity contribution >= 4 is 28.5 Å². The normalized spacial score (nSPS) is 17.3. The van der Waals surface area contributed by atoms with Crippen LogP contribution < -0.4 is 11.1 Å². The van der Waals surface area contributed by atoms with Crippen LogP contribution in [-0.4, -0.2) is 35.2 Å². The lowest BCUT2D eigenvalue weighted by Gasteiger charge is -2.29. The van der Waals surface area contributed by atoms with Gasteiger partial charge in [0.2, 0.25) is 17.7 Å². The van der Waals surface area contributed by atoms with Crippen molar-refractivity contribution in [2.45, 2.75) is 58.5 Å². The molecule has 1 saturated heterocycles. The number of nitrogens with two attached hydrogens (primary N) is 1. The van der Waals surface area contributed by atoms with Gasteiger partial charge in [-0.1, -0.05) is 74.5 Å². The summed E-state index contributed by atoms with van der Waals surface area (Å²) in [6.07, 6.45) is 4.76. The molecule has 1 fully saturated rings. The summed E-state index contributed by atoms with van der Waals surface area (Å²) in [5.41, 5.74) is 8.95. The first kappa shape index (κ1) is 29.1. The summed E-state index contributed by atoms with van der Waals surface area (Å²) in [6.45, 7) is 8.87. The number of hydrogen-bond donors (Lipinski definition) is 2. The summed E-state index contributed by atoms with van der Waals surface area (Å²) >= 11 is 0. The van der Waals surface area contributed by atoms with Gasteiger partial charge >= 0.3 is 0 Å². The second-order valence-electron chi connectivity index (χ2n) is 11.3. The molecule has 40 heavy (non-hydrogen) atoms. The first-order valence-corrected chi connectivity index (χ1v) is 14.3. The Hall–Kier alpha value is -3.93. The Bertz CT molecular complexity index is 1370. The van der Waals surface area contributed by atoms with E-state index in [1.165, 1.54) is 10.8 Å². The highest BCUT2D eigenvalue weighted by Crippen LogP contribution is 2.27. The van der Waals surface area contributed by atoms with Gasteiger partial charge < -0.3 is 16.0 Å². The van der Waals surface area contributed by atoms with E-state index < -0.39 is 23.8 Å². The zero-order chi connectivity index (χ0) is 28.6. The molecule has 1 aliphatic heterocycles. The van der Waals surface area contributed by atoms with E-state index in [0.29, 0.717) is 32.4 Å². The molecule has 6 nitrogen and oxygen atoms in total. The van der Waals surface area contributed by atoms with Crippen molar-refractivity contribution in [2.75, 3.05) is 6.54 Å². The molecule has 0 radical (unpaired) electrons. The number of rotatable bonds is 11.